The van der Waals surface area contributed by atoms with E-state index in [1.165, 1.54) is 12.3 Å². The molecule has 0 aliphatic heterocycles. The molecule has 0 saturated heterocycles. The highest BCUT2D eigenvalue weighted by molar-refractivity contribution is 14.1. The smallest absolute Gasteiger partial charge is 0.271 e. The number of phenols is 2. The number of hydrogen-bond acceptors (Lipinski definition) is 4. The van der Waals surface area contributed by atoms with Gasteiger partial charge in [-0.15, -0.1) is 0 Å². The van der Waals surface area contributed by atoms with Gasteiger partial charge in [0.1, 0.15) is 11.5 Å². The lowest BCUT2D eigenvalue weighted by atomic mass is 10.1. The van der Waals surface area contributed by atoms with E-state index in [0.29, 0.717) is 9.13 Å². The molecule has 0 unspecified atom stereocenters. The third kappa shape index (κ3) is 3.76. The molecular formula is C16H15IN2O3. The summed E-state index contributed by atoms with van der Waals surface area (Å²) >= 11 is 1.98. The van der Waals surface area contributed by atoms with Crippen molar-refractivity contribution in [1.82, 2.24) is 5.43 Å². The lowest BCUT2D eigenvalue weighted by Gasteiger charge is -2.05. The van der Waals surface area contributed by atoms with Gasteiger partial charge in [-0.2, -0.15) is 5.10 Å². The van der Waals surface area contributed by atoms with Crippen molar-refractivity contribution in [2.24, 2.45) is 5.10 Å². The van der Waals surface area contributed by atoms with Gasteiger partial charge >= 0.3 is 0 Å². The molecule has 22 heavy (non-hydrogen) atoms. The Morgan fingerprint density at radius 3 is 2.41 bits per heavy atom. The van der Waals surface area contributed by atoms with Gasteiger partial charge in [-0.05, 0) is 83.5 Å². The van der Waals surface area contributed by atoms with Crippen molar-refractivity contribution in [3.63, 3.8) is 0 Å². The topological polar surface area (TPSA) is 81.9 Å². The number of carbonyl (C=O) groups is 1. The maximum Gasteiger partial charge on any atom is 0.271 e. The van der Waals surface area contributed by atoms with Crippen LogP contribution in [0.4, 0.5) is 0 Å². The number of benzene rings is 2. The number of rotatable bonds is 3. The molecular weight excluding hydrogens is 395 g/mol. The second-order valence-corrected chi connectivity index (χ2v) is 6.03. The minimum absolute atomic E-state index is 0.0574. The number of aromatic hydroxyl groups is 2. The van der Waals surface area contributed by atoms with Crippen molar-refractivity contribution in [3.8, 4) is 11.5 Å². The van der Waals surface area contributed by atoms with Gasteiger partial charge in [0.05, 0.1) is 9.78 Å². The molecule has 2 rings (SSSR count). The molecule has 0 aliphatic carbocycles. The summed E-state index contributed by atoms with van der Waals surface area (Å²) < 4.78 is 0.674. The molecule has 1 amide bonds. The largest absolute Gasteiger partial charge is 0.507 e. The Labute approximate surface area is 141 Å². The fourth-order valence-electron chi connectivity index (χ4n) is 1.95. The van der Waals surface area contributed by atoms with Gasteiger partial charge in [-0.3, -0.25) is 4.79 Å². The molecule has 0 radical (unpaired) electrons. The van der Waals surface area contributed by atoms with Crippen molar-refractivity contribution >= 4 is 34.7 Å². The van der Waals surface area contributed by atoms with Gasteiger partial charge in [-0.25, -0.2) is 5.43 Å². The van der Waals surface area contributed by atoms with Crippen molar-refractivity contribution in [1.29, 1.82) is 0 Å². The number of halogens is 1. The molecule has 5 nitrogen and oxygen atoms in total. The number of carbonyl (C=O) groups excluding carboxylic acids is 1. The third-order valence-electron chi connectivity index (χ3n) is 3.10. The number of nitrogens with one attached hydrogen (secondary N) is 1. The number of phenolic OH excluding ortho intramolecular Hbond substituents is 2. The molecule has 0 bridgehead atoms. The zero-order valence-corrected chi connectivity index (χ0v) is 14.2. The summed E-state index contributed by atoms with van der Waals surface area (Å²) in [4.78, 5) is 11.9. The fraction of sp³-hybridized carbons (Fsp3) is 0.125. The van der Waals surface area contributed by atoms with E-state index in [2.05, 4.69) is 10.5 Å². The Hall–Kier alpha value is -2.09. The first-order chi connectivity index (χ1) is 10.4. The average Bonchev–Trinajstić information content (AvgIpc) is 2.47. The van der Waals surface area contributed by atoms with Crippen LogP contribution in [0.3, 0.4) is 0 Å². The summed E-state index contributed by atoms with van der Waals surface area (Å²) in [5, 5.41) is 23.2. The minimum atomic E-state index is -0.407. The van der Waals surface area contributed by atoms with E-state index >= 15 is 0 Å². The number of amides is 1. The van der Waals surface area contributed by atoms with E-state index < -0.39 is 5.91 Å². The van der Waals surface area contributed by atoms with Gasteiger partial charge in [0.25, 0.3) is 5.91 Å². The molecule has 0 saturated carbocycles. The highest BCUT2D eigenvalue weighted by Gasteiger charge is 2.07. The number of nitrogens with zero attached hydrogens (tertiary/aromatic N) is 1. The van der Waals surface area contributed by atoms with Gasteiger partial charge < -0.3 is 10.2 Å². The lowest BCUT2D eigenvalue weighted by molar-refractivity contribution is 0.0954. The molecule has 0 atom stereocenters. The van der Waals surface area contributed by atoms with E-state index in [-0.39, 0.29) is 11.5 Å². The highest BCUT2D eigenvalue weighted by Crippen LogP contribution is 2.22. The zero-order valence-electron chi connectivity index (χ0n) is 12.1. The normalized spacial score (nSPS) is 10.9. The Morgan fingerprint density at radius 2 is 1.82 bits per heavy atom. The SMILES string of the molecule is Cc1cc(C=NNC(=O)c2ccc(I)c(O)c2)cc(C)c1O. The molecule has 2 aromatic carbocycles. The molecule has 0 aromatic heterocycles. The molecule has 2 aromatic rings. The molecule has 0 spiro atoms. The van der Waals surface area contributed by atoms with Crippen LogP contribution < -0.4 is 5.43 Å². The van der Waals surface area contributed by atoms with Crippen molar-refractivity contribution in [2.75, 3.05) is 0 Å². The quantitative estimate of drug-likeness (QED) is 0.413. The molecule has 0 heterocycles. The first-order valence-corrected chi connectivity index (χ1v) is 7.58. The molecule has 6 heteroatoms. The first kappa shape index (κ1) is 16.3. The third-order valence-corrected chi connectivity index (χ3v) is 4.01. The Balaban J connectivity index is 2.09. The molecule has 114 valence electrons. The van der Waals surface area contributed by atoms with Gasteiger partial charge in [0.15, 0.2) is 0 Å². The van der Waals surface area contributed by atoms with E-state index in [0.717, 1.165) is 16.7 Å². The average molecular weight is 410 g/mol. The number of hydrogen-bond donors (Lipinski definition) is 3. The van der Waals surface area contributed by atoms with E-state index in [4.69, 9.17) is 0 Å². The van der Waals surface area contributed by atoms with Crippen LogP contribution in [0.2, 0.25) is 0 Å². The summed E-state index contributed by atoms with van der Waals surface area (Å²) in [5.74, 6) is -0.0901. The van der Waals surface area contributed by atoms with Crippen molar-refractivity contribution < 1.29 is 15.0 Å². The second kappa shape index (κ2) is 6.78. The first-order valence-electron chi connectivity index (χ1n) is 6.50. The van der Waals surface area contributed by atoms with Crippen LogP contribution in [0, 0.1) is 17.4 Å². The van der Waals surface area contributed by atoms with E-state index in [1.54, 1.807) is 38.1 Å². The van der Waals surface area contributed by atoms with Crippen LogP contribution in [0.15, 0.2) is 35.4 Å². The number of aryl methyl sites for hydroxylation is 2. The van der Waals surface area contributed by atoms with E-state index in [9.17, 15) is 15.0 Å². The second-order valence-electron chi connectivity index (χ2n) is 4.87. The maximum absolute atomic E-state index is 11.9. The van der Waals surface area contributed by atoms with Crippen LogP contribution in [0.1, 0.15) is 27.0 Å². The zero-order chi connectivity index (χ0) is 16.3. The van der Waals surface area contributed by atoms with E-state index in [1.807, 2.05) is 22.6 Å². The predicted molar refractivity (Wildman–Crippen MR) is 93.5 cm³/mol. The van der Waals surface area contributed by atoms with Crippen LogP contribution in [0.5, 0.6) is 11.5 Å². The van der Waals surface area contributed by atoms with Crippen molar-refractivity contribution in [3.05, 3.63) is 56.2 Å². The van der Waals surface area contributed by atoms with Crippen LogP contribution in [-0.4, -0.2) is 22.3 Å². The van der Waals surface area contributed by atoms with Gasteiger partial charge in [0, 0.05) is 5.56 Å². The summed E-state index contributed by atoms with van der Waals surface area (Å²) in [6.45, 7) is 3.60. The Bertz CT molecular complexity index is 734. The Kier molecular flexibility index (Phi) is 5.02. The fourth-order valence-corrected chi connectivity index (χ4v) is 2.28. The summed E-state index contributed by atoms with van der Waals surface area (Å²) in [6, 6.07) is 8.20. The monoisotopic (exact) mass is 410 g/mol. The molecule has 3 N–H and O–H groups in total. The molecule has 0 fully saturated rings. The summed E-state index contributed by atoms with van der Waals surface area (Å²) in [6.07, 6.45) is 1.50. The standard InChI is InChI=1S/C16H15IN2O3/c1-9-5-11(6-10(2)15(9)21)8-18-19-16(22)12-3-4-13(17)14(20)7-12/h3-8,20-21H,1-2H3,(H,19,22). The lowest BCUT2D eigenvalue weighted by Crippen LogP contribution is -2.17. The van der Waals surface area contributed by atoms with Crippen LogP contribution >= 0.6 is 22.6 Å². The Morgan fingerprint density at radius 1 is 1.18 bits per heavy atom. The van der Waals surface area contributed by atoms with Gasteiger partial charge in [-0.1, -0.05) is 0 Å². The summed E-state index contributed by atoms with van der Waals surface area (Å²) in [5.41, 5.74) is 5.00. The predicted octanol–water partition coefficient (Wildman–Crippen LogP) is 3.08. The van der Waals surface area contributed by atoms with Crippen LogP contribution in [-0.2, 0) is 0 Å². The minimum Gasteiger partial charge on any atom is -0.507 e. The highest BCUT2D eigenvalue weighted by atomic mass is 127. The molecule has 0 aliphatic rings. The van der Waals surface area contributed by atoms with Crippen LogP contribution in [0.25, 0.3) is 0 Å². The summed E-state index contributed by atoms with van der Waals surface area (Å²) in [7, 11) is 0. The maximum atomic E-state index is 11.9. The van der Waals surface area contributed by atoms with Gasteiger partial charge in [0.2, 0.25) is 0 Å². The number of hydrazone groups is 1. The van der Waals surface area contributed by atoms with Crippen molar-refractivity contribution in [2.45, 2.75) is 13.8 Å².